The standard InChI is InChI=1S/C12H14BrF2NO.ClH/c13-8-1-2-9(14)10(11(8)15)12(16)7-3-5-17-6-4-7;/h1-2,7,12H,3-6,16H2;1H/t12-;/m1./s1. The Balaban J connectivity index is 0.00000162. The Morgan fingerprint density at radius 3 is 2.50 bits per heavy atom. The molecular formula is C12H15BrClF2NO. The van der Waals surface area contributed by atoms with E-state index in [9.17, 15) is 8.78 Å². The van der Waals surface area contributed by atoms with Crippen LogP contribution in [0.25, 0.3) is 0 Å². The Bertz CT molecular complexity index is 413. The molecule has 2 nitrogen and oxygen atoms in total. The van der Waals surface area contributed by atoms with Crippen molar-refractivity contribution >= 4 is 28.3 Å². The molecule has 1 aromatic carbocycles. The minimum atomic E-state index is -0.614. The maximum Gasteiger partial charge on any atom is 0.145 e. The minimum absolute atomic E-state index is 0. The van der Waals surface area contributed by atoms with E-state index in [0.717, 1.165) is 12.8 Å². The average Bonchev–Trinajstić information content (AvgIpc) is 2.35. The van der Waals surface area contributed by atoms with Crippen LogP contribution in [0.3, 0.4) is 0 Å². The van der Waals surface area contributed by atoms with E-state index in [1.807, 2.05) is 0 Å². The SMILES string of the molecule is Cl.N[C@@H](c1c(F)ccc(Br)c1F)C1CCOCC1. The van der Waals surface area contributed by atoms with Crippen molar-refractivity contribution < 1.29 is 13.5 Å². The number of ether oxygens (including phenoxy) is 1. The molecule has 0 saturated carbocycles. The van der Waals surface area contributed by atoms with E-state index in [-0.39, 0.29) is 28.4 Å². The predicted octanol–water partition coefficient (Wildman–Crippen LogP) is 3.58. The minimum Gasteiger partial charge on any atom is -0.381 e. The fourth-order valence-electron chi connectivity index (χ4n) is 2.16. The van der Waals surface area contributed by atoms with Crippen LogP contribution in [0.1, 0.15) is 24.4 Å². The number of nitrogens with two attached hydrogens (primary N) is 1. The third-order valence-corrected chi connectivity index (χ3v) is 3.80. The molecular weight excluding hydrogens is 327 g/mol. The van der Waals surface area contributed by atoms with Gasteiger partial charge in [0.25, 0.3) is 0 Å². The molecule has 1 fully saturated rings. The third kappa shape index (κ3) is 3.20. The molecule has 1 aliphatic rings. The monoisotopic (exact) mass is 341 g/mol. The summed E-state index contributed by atoms with van der Waals surface area (Å²) in [5.41, 5.74) is 5.96. The molecule has 102 valence electrons. The van der Waals surface area contributed by atoms with Gasteiger partial charge in [-0.3, -0.25) is 0 Å². The first-order chi connectivity index (χ1) is 8.11. The molecule has 18 heavy (non-hydrogen) atoms. The fraction of sp³-hybridized carbons (Fsp3) is 0.500. The average molecular weight is 343 g/mol. The first-order valence-corrected chi connectivity index (χ1v) is 6.37. The molecule has 0 unspecified atom stereocenters. The van der Waals surface area contributed by atoms with Gasteiger partial charge in [-0.2, -0.15) is 0 Å². The molecule has 0 aliphatic carbocycles. The summed E-state index contributed by atoms with van der Waals surface area (Å²) in [6.45, 7) is 1.21. The molecule has 0 bridgehead atoms. The molecule has 0 aromatic heterocycles. The van der Waals surface area contributed by atoms with Gasteiger partial charge in [0.2, 0.25) is 0 Å². The van der Waals surface area contributed by atoms with E-state index in [1.54, 1.807) is 0 Å². The van der Waals surface area contributed by atoms with Crippen LogP contribution in [0.5, 0.6) is 0 Å². The highest BCUT2D eigenvalue weighted by atomic mass is 79.9. The number of benzene rings is 1. The zero-order valence-corrected chi connectivity index (χ0v) is 12.1. The zero-order valence-electron chi connectivity index (χ0n) is 9.67. The second kappa shape index (κ2) is 6.80. The molecule has 2 N–H and O–H groups in total. The van der Waals surface area contributed by atoms with E-state index in [4.69, 9.17) is 10.5 Å². The van der Waals surface area contributed by atoms with Crippen molar-refractivity contribution in [2.45, 2.75) is 18.9 Å². The first-order valence-electron chi connectivity index (χ1n) is 5.58. The zero-order chi connectivity index (χ0) is 12.4. The van der Waals surface area contributed by atoms with Crippen molar-refractivity contribution in [1.82, 2.24) is 0 Å². The maximum atomic E-state index is 13.9. The highest BCUT2D eigenvalue weighted by Gasteiger charge is 2.27. The summed E-state index contributed by atoms with van der Waals surface area (Å²) in [7, 11) is 0. The normalized spacial score (nSPS) is 18.2. The van der Waals surface area contributed by atoms with Crippen molar-refractivity contribution in [2.24, 2.45) is 11.7 Å². The van der Waals surface area contributed by atoms with Crippen molar-refractivity contribution in [3.05, 3.63) is 33.8 Å². The number of hydrogen-bond acceptors (Lipinski definition) is 2. The van der Waals surface area contributed by atoms with Crippen LogP contribution < -0.4 is 5.73 Å². The lowest BCUT2D eigenvalue weighted by Gasteiger charge is -2.28. The van der Waals surface area contributed by atoms with Gasteiger partial charge in [-0.05, 0) is 46.8 Å². The molecule has 0 radical (unpaired) electrons. The summed E-state index contributed by atoms with van der Waals surface area (Å²) in [6, 6.07) is 1.98. The molecule has 0 amide bonds. The first kappa shape index (κ1) is 15.8. The van der Waals surface area contributed by atoms with Gasteiger partial charge < -0.3 is 10.5 Å². The van der Waals surface area contributed by atoms with Crippen LogP contribution in [0.4, 0.5) is 8.78 Å². The Hall–Kier alpha value is -0.230. The van der Waals surface area contributed by atoms with Gasteiger partial charge in [0.15, 0.2) is 0 Å². The van der Waals surface area contributed by atoms with Gasteiger partial charge in [0, 0.05) is 24.8 Å². The summed E-state index contributed by atoms with van der Waals surface area (Å²) in [6.07, 6.45) is 1.49. The predicted molar refractivity (Wildman–Crippen MR) is 71.8 cm³/mol. The van der Waals surface area contributed by atoms with Gasteiger partial charge in [-0.1, -0.05) is 0 Å². The molecule has 6 heteroatoms. The molecule has 1 saturated heterocycles. The summed E-state index contributed by atoms with van der Waals surface area (Å²) >= 11 is 3.05. The second-order valence-electron chi connectivity index (χ2n) is 4.23. The van der Waals surface area contributed by atoms with E-state index < -0.39 is 17.7 Å². The Morgan fingerprint density at radius 2 is 1.89 bits per heavy atom. The maximum absolute atomic E-state index is 13.9. The summed E-state index contributed by atoms with van der Waals surface area (Å²) in [5.74, 6) is -1.10. The largest absolute Gasteiger partial charge is 0.381 e. The summed E-state index contributed by atoms with van der Waals surface area (Å²) in [5, 5.41) is 0. The molecule has 2 rings (SSSR count). The van der Waals surface area contributed by atoms with E-state index in [2.05, 4.69) is 15.9 Å². The van der Waals surface area contributed by atoms with E-state index >= 15 is 0 Å². The Kier molecular flexibility index (Phi) is 5.98. The van der Waals surface area contributed by atoms with Crippen molar-refractivity contribution in [3.8, 4) is 0 Å². The molecule has 1 heterocycles. The van der Waals surface area contributed by atoms with Crippen molar-refractivity contribution in [2.75, 3.05) is 13.2 Å². The van der Waals surface area contributed by atoms with Crippen LogP contribution in [-0.4, -0.2) is 13.2 Å². The highest BCUT2D eigenvalue weighted by molar-refractivity contribution is 9.10. The van der Waals surface area contributed by atoms with Gasteiger partial charge in [-0.15, -0.1) is 12.4 Å². The molecule has 1 atom stereocenters. The topological polar surface area (TPSA) is 35.2 Å². The van der Waals surface area contributed by atoms with Crippen LogP contribution in [0.15, 0.2) is 16.6 Å². The highest BCUT2D eigenvalue weighted by Crippen LogP contribution is 2.33. The smallest absolute Gasteiger partial charge is 0.145 e. The Morgan fingerprint density at radius 1 is 1.28 bits per heavy atom. The van der Waals surface area contributed by atoms with Gasteiger partial charge in [-0.25, -0.2) is 8.78 Å². The van der Waals surface area contributed by atoms with Crippen LogP contribution >= 0.6 is 28.3 Å². The number of hydrogen-bond donors (Lipinski definition) is 1. The van der Waals surface area contributed by atoms with Gasteiger partial charge >= 0.3 is 0 Å². The van der Waals surface area contributed by atoms with Gasteiger partial charge in [0.1, 0.15) is 11.6 Å². The lowest BCUT2D eigenvalue weighted by Crippen LogP contribution is -2.29. The van der Waals surface area contributed by atoms with Crippen LogP contribution in [0, 0.1) is 17.6 Å². The van der Waals surface area contributed by atoms with Gasteiger partial charge in [0.05, 0.1) is 4.47 Å². The van der Waals surface area contributed by atoms with Crippen molar-refractivity contribution in [1.29, 1.82) is 0 Å². The second-order valence-corrected chi connectivity index (χ2v) is 5.09. The number of halogens is 4. The quantitative estimate of drug-likeness (QED) is 0.834. The Labute approximate surface area is 119 Å². The van der Waals surface area contributed by atoms with Crippen molar-refractivity contribution in [3.63, 3.8) is 0 Å². The molecule has 0 spiro atoms. The fourth-order valence-corrected chi connectivity index (χ4v) is 2.50. The summed E-state index contributed by atoms with van der Waals surface area (Å²) in [4.78, 5) is 0. The third-order valence-electron chi connectivity index (χ3n) is 3.19. The van der Waals surface area contributed by atoms with E-state index in [1.165, 1.54) is 12.1 Å². The van der Waals surface area contributed by atoms with E-state index in [0.29, 0.717) is 13.2 Å². The molecule has 1 aromatic rings. The van der Waals surface area contributed by atoms with Crippen LogP contribution in [-0.2, 0) is 4.74 Å². The lowest BCUT2D eigenvalue weighted by atomic mass is 9.87. The molecule has 1 aliphatic heterocycles. The van der Waals surface area contributed by atoms with Crippen LogP contribution in [0.2, 0.25) is 0 Å². The summed E-state index contributed by atoms with van der Waals surface area (Å²) < 4.78 is 33.0. The lowest BCUT2D eigenvalue weighted by molar-refractivity contribution is 0.0575. The number of rotatable bonds is 2.